The van der Waals surface area contributed by atoms with Crippen molar-refractivity contribution in [2.24, 2.45) is 0 Å². The lowest BCUT2D eigenvalue weighted by molar-refractivity contribution is 0.131. The van der Waals surface area contributed by atoms with E-state index in [0.717, 1.165) is 5.69 Å². The maximum Gasteiger partial charge on any atom is 0.258 e. The van der Waals surface area contributed by atoms with Gasteiger partial charge < -0.3 is 5.32 Å². The lowest BCUT2D eigenvalue weighted by Crippen LogP contribution is -2.23. The van der Waals surface area contributed by atoms with Gasteiger partial charge in [0.25, 0.3) is 6.43 Å². The number of aryl methyl sites for hydroxylation is 1. The highest BCUT2D eigenvalue weighted by molar-refractivity contribution is 5.51. The monoisotopic (exact) mass is 253 g/mol. The fourth-order valence-corrected chi connectivity index (χ4v) is 1.52. The van der Waals surface area contributed by atoms with Crippen molar-refractivity contribution in [3.63, 3.8) is 0 Å². The van der Waals surface area contributed by atoms with E-state index in [9.17, 15) is 8.78 Å². The van der Waals surface area contributed by atoms with Crippen LogP contribution in [0.5, 0.6) is 0 Å². The van der Waals surface area contributed by atoms with Crippen LogP contribution in [-0.4, -0.2) is 32.7 Å². The average molecular weight is 253 g/mol. The van der Waals surface area contributed by atoms with Crippen LogP contribution in [0.4, 0.5) is 14.5 Å². The molecule has 1 heterocycles. The molecule has 7 heteroatoms. The molecule has 0 aliphatic heterocycles. The van der Waals surface area contributed by atoms with Gasteiger partial charge in [-0.25, -0.2) is 8.78 Å². The second kappa shape index (κ2) is 5.07. The van der Waals surface area contributed by atoms with Crippen molar-refractivity contribution < 1.29 is 8.78 Å². The van der Waals surface area contributed by atoms with Gasteiger partial charge in [0.2, 0.25) is 0 Å². The Morgan fingerprint density at radius 1 is 1.33 bits per heavy atom. The Kier molecular flexibility index (Phi) is 3.50. The molecule has 1 N–H and O–H groups in total. The van der Waals surface area contributed by atoms with E-state index < -0.39 is 12.5 Å². The SMILES string of the molecule is Cc1nnnn1-c1cccc(NC(C)C(F)F)c1. The van der Waals surface area contributed by atoms with Crippen LogP contribution in [0.1, 0.15) is 12.7 Å². The number of rotatable bonds is 4. The smallest absolute Gasteiger partial charge is 0.258 e. The zero-order valence-corrected chi connectivity index (χ0v) is 10.0. The molecule has 0 aliphatic carbocycles. The summed E-state index contributed by atoms with van der Waals surface area (Å²) >= 11 is 0. The van der Waals surface area contributed by atoms with E-state index in [1.807, 2.05) is 6.07 Å². The highest BCUT2D eigenvalue weighted by Gasteiger charge is 2.14. The van der Waals surface area contributed by atoms with Gasteiger partial charge in [-0.15, -0.1) is 5.10 Å². The summed E-state index contributed by atoms with van der Waals surface area (Å²) in [6.07, 6.45) is -2.41. The number of hydrogen-bond acceptors (Lipinski definition) is 4. The second-order valence-electron chi connectivity index (χ2n) is 3.96. The first-order valence-corrected chi connectivity index (χ1v) is 5.48. The first-order valence-electron chi connectivity index (χ1n) is 5.48. The van der Waals surface area contributed by atoms with Crippen molar-refractivity contribution in [3.8, 4) is 5.69 Å². The predicted octanol–water partition coefficient (Wildman–Crippen LogP) is 2.04. The van der Waals surface area contributed by atoms with Gasteiger partial charge in [0.15, 0.2) is 5.82 Å². The number of benzene rings is 1. The van der Waals surface area contributed by atoms with Gasteiger partial charge in [0.1, 0.15) is 0 Å². The largest absolute Gasteiger partial charge is 0.377 e. The molecule has 0 amide bonds. The lowest BCUT2D eigenvalue weighted by Gasteiger charge is -2.14. The Balaban J connectivity index is 2.23. The molecule has 0 fully saturated rings. The molecule has 5 nitrogen and oxygen atoms in total. The quantitative estimate of drug-likeness (QED) is 0.905. The van der Waals surface area contributed by atoms with E-state index >= 15 is 0 Å². The Morgan fingerprint density at radius 2 is 2.11 bits per heavy atom. The Hall–Kier alpha value is -2.05. The normalized spacial score (nSPS) is 12.7. The fourth-order valence-electron chi connectivity index (χ4n) is 1.52. The number of alkyl halides is 2. The van der Waals surface area contributed by atoms with Crippen LogP contribution < -0.4 is 5.32 Å². The molecule has 0 saturated carbocycles. The third kappa shape index (κ3) is 2.61. The third-order valence-electron chi connectivity index (χ3n) is 2.49. The zero-order chi connectivity index (χ0) is 13.1. The molecule has 18 heavy (non-hydrogen) atoms. The number of nitrogens with zero attached hydrogens (tertiary/aromatic N) is 4. The summed E-state index contributed by atoms with van der Waals surface area (Å²) in [5, 5.41) is 13.9. The van der Waals surface area contributed by atoms with E-state index in [1.54, 1.807) is 25.1 Å². The van der Waals surface area contributed by atoms with Crippen LogP contribution >= 0.6 is 0 Å². The molecular weight excluding hydrogens is 240 g/mol. The van der Waals surface area contributed by atoms with E-state index in [2.05, 4.69) is 20.8 Å². The molecule has 2 rings (SSSR count). The summed E-state index contributed by atoms with van der Waals surface area (Å²) in [4.78, 5) is 0. The molecule has 1 unspecified atom stereocenters. The molecule has 1 aromatic carbocycles. The highest BCUT2D eigenvalue weighted by atomic mass is 19.3. The number of tetrazole rings is 1. The molecule has 96 valence electrons. The molecule has 1 atom stereocenters. The summed E-state index contributed by atoms with van der Waals surface area (Å²) in [6, 6.07) is 6.11. The molecular formula is C11H13F2N5. The van der Waals surface area contributed by atoms with Crippen LogP contribution in [0.2, 0.25) is 0 Å². The van der Waals surface area contributed by atoms with E-state index in [4.69, 9.17) is 0 Å². The van der Waals surface area contributed by atoms with Gasteiger partial charge in [-0.2, -0.15) is 4.68 Å². The van der Waals surface area contributed by atoms with Crippen molar-refractivity contribution in [2.45, 2.75) is 26.3 Å². The summed E-state index contributed by atoms with van der Waals surface area (Å²) in [5.41, 5.74) is 1.33. The molecule has 0 saturated heterocycles. The first-order chi connectivity index (χ1) is 8.58. The number of halogens is 2. The van der Waals surface area contributed by atoms with Crippen molar-refractivity contribution in [1.82, 2.24) is 20.2 Å². The third-order valence-corrected chi connectivity index (χ3v) is 2.49. The molecule has 0 radical (unpaired) electrons. The van der Waals surface area contributed by atoms with Gasteiger partial charge in [-0.1, -0.05) is 6.07 Å². The average Bonchev–Trinajstić information content (AvgIpc) is 2.75. The number of nitrogens with one attached hydrogen (secondary N) is 1. The maximum atomic E-state index is 12.5. The predicted molar refractivity (Wildman–Crippen MR) is 63.0 cm³/mol. The molecule has 0 aliphatic rings. The summed E-state index contributed by atoms with van der Waals surface area (Å²) < 4.78 is 26.4. The zero-order valence-electron chi connectivity index (χ0n) is 10.0. The summed E-state index contributed by atoms with van der Waals surface area (Å²) in [5.74, 6) is 0.633. The number of anilines is 1. The van der Waals surface area contributed by atoms with Crippen LogP contribution in [0.25, 0.3) is 5.69 Å². The Labute approximate surface area is 103 Å². The summed E-state index contributed by atoms with van der Waals surface area (Å²) in [6.45, 7) is 3.20. The maximum absolute atomic E-state index is 12.5. The number of hydrogen-bond donors (Lipinski definition) is 1. The van der Waals surface area contributed by atoms with Gasteiger partial charge in [0, 0.05) is 5.69 Å². The molecule has 0 spiro atoms. The van der Waals surface area contributed by atoms with E-state index in [-0.39, 0.29) is 0 Å². The van der Waals surface area contributed by atoms with Gasteiger partial charge >= 0.3 is 0 Å². The molecule has 2 aromatic rings. The second-order valence-corrected chi connectivity index (χ2v) is 3.96. The topological polar surface area (TPSA) is 55.6 Å². The van der Waals surface area contributed by atoms with Crippen LogP contribution in [-0.2, 0) is 0 Å². The van der Waals surface area contributed by atoms with Gasteiger partial charge in [0.05, 0.1) is 11.7 Å². The number of aromatic nitrogens is 4. The van der Waals surface area contributed by atoms with E-state index in [0.29, 0.717) is 11.5 Å². The highest BCUT2D eigenvalue weighted by Crippen LogP contribution is 2.16. The standard InChI is InChI=1S/C11H13F2N5/c1-7(11(12)13)14-9-4-3-5-10(6-9)18-8(2)15-16-17-18/h3-7,11,14H,1-2H3. The fraction of sp³-hybridized carbons (Fsp3) is 0.364. The van der Waals surface area contributed by atoms with Gasteiger partial charge in [-0.05, 0) is 42.5 Å². The van der Waals surface area contributed by atoms with Gasteiger partial charge in [-0.3, -0.25) is 0 Å². The van der Waals surface area contributed by atoms with Crippen molar-refractivity contribution in [3.05, 3.63) is 30.1 Å². The van der Waals surface area contributed by atoms with E-state index in [1.165, 1.54) is 11.6 Å². The van der Waals surface area contributed by atoms with Crippen molar-refractivity contribution in [1.29, 1.82) is 0 Å². The first kappa shape index (κ1) is 12.4. The van der Waals surface area contributed by atoms with Crippen molar-refractivity contribution >= 4 is 5.69 Å². The Bertz CT molecular complexity index is 526. The minimum Gasteiger partial charge on any atom is -0.377 e. The van der Waals surface area contributed by atoms with Crippen LogP contribution in [0.15, 0.2) is 24.3 Å². The minimum absolute atomic E-state index is 0.607. The van der Waals surface area contributed by atoms with Crippen LogP contribution in [0, 0.1) is 6.92 Å². The van der Waals surface area contributed by atoms with Crippen LogP contribution in [0.3, 0.4) is 0 Å². The summed E-state index contributed by atoms with van der Waals surface area (Å²) in [7, 11) is 0. The lowest BCUT2D eigenvalue weighted by atomic mass is 10.2. The Morgan fingerprint density at radius 3 is 2.72 bits per heavy atom. The van der Waals surface area contributed by atoms with Crippen molar-refractivity contribution in [2.75, 3.05) is 5.32 Å². The molecule has 0 bridgehead atoms. The molecule has 1 aromatic heterocycles. The minimum atomic E-state index is -2.41.